The molecule has 1 atom stereocenters. The van der Waals surface area contributed by atoms with Crippen molar-refractivity contribution in [2.45, 2.75) is 32.2 Å². The number of carbonyl (C=O) groups excluding carboxylic acids is 1. The average Bonchev–Trinajstić information content (AvgIpc) is 3.13. The maximum atomic E-state index is 12.4. The summed E-state index contributed by atoms with van der Waals surface area (Å²) in [6, 6.07) is 10.4. The molecule has 7 nitrogen and oxygen atoms in total. The van der Waals surface area contributed by atoms with Gasteiger partial charge < -0.3 is 20.3 Å². The van der Waals surface area contributed by atoms with Crippen LogP contribution in [0.5, 0.6) is 0 Å². The van der Waals surface area contributed by atoms with Gasteiger partial charge in [0.2, 0.25) is 5.91 Å². The van der Waals surface area contributed by atoms with Gasteiger partial charge in [0.15, 0.2) is 5.96 Å². The van der Waals surface area contributed by atoms with Gasteiger partial charge in [-0.15, -0.1) is 24.0 Å². The van der Waals surface area contributed by atoms with Crippen molar-refractivity contribution in [2.24, 2.45) is 10.9 Å². The minimum absolute atomic E-state index is 0. The zero-order valence-electron chi connectivity index (χ0n) is 19.1. The molecule has 1 aromatic rings. The lowest BCUT2D eigenvalue weighted by molar-refractivity contribution is -0.127. The third-order valence-corrected chi connectivity index (χ3v) is 6.15. The molecule has 1 unspecified atom stereocenters. The molecule has 2 fully saturated rings. The number of ether oxygens (including phenoxy) is 1. The van der Waals surface area contributed by atoms with Gasteiger partial charge in [0, 0.05) is 64.2 Å². The van der Waals surface area contributed by atoms with E-state index in [9.17, 15) is 4.79 Å². The molecule has 0 spiro atoms. The summed E-state index contributed by atoms with van der Waals surface area (Å²) in [4.78, 5) is 21.2. The number of morpholine rings is 1. The lowest BCUT2D eigenvalue weighted by atomic mass is 10.0. The lowest BCUT2D eigenvalue weighted by Crippen LogP contribution is -2.56. The second kappa shape index (κ2) is 12.6. The fraction of sp³-hybridized carbons (Fsp3) is 0.652. The Hall–Kier alpha value is -1.39. The molecule has 0 aromatic heterocycles. The summed E-state index contributed by atoms with van der Waals surface area (Å²) in [6.07, 6.45) is 1.52. The number of hydrogen-bond donors (Lipinski definition) is 2. The van der Waals surface area contributed by atoms with E-state index in [1.165, 1.54) is 5.56 Å². The maximum absolute atomic E-state index is 12.4. The maximum Gasteiger partial charge on any atom is 0.223 e. The van der Waals surface area contributed by atoms with E-state index < -0.39 is 0 Å². The standard InChI is InChI=1S/C23H37N5O2.HI/c1-23(2,28-11-13-30-14-12-28)18-26-22(24-3)25-16-20-15-21(29)27(17-20)10-9-19-7-5-4-6-8-19;/h4-8,20H,9-18H2,1-3H3,(H2,24,25,26);1H. The summed E-state index contributed by atoms with van der Waals surface area (Å²) in [6.45, 7) is 11.2. The van der Waals surface area contributed by atoms with Crippen molar-refractivity contribution >= 4 is 35.8 Å². The fourth-order valence-electron chi connectivity index (χ4n) is 4.16. The number of benzene rings is 1. The Kier molecular flexibility index (Phi) is 10.5. The van der Waals surface area contributed by atoms with Gasteiger partial charge in [-0.25, -0.2) is 0 Å². The molecule has 1 aromatic carbocycles. The number of aliphatic imine (C=N–C) groups is 1. The number of amides is 1. The van der Waals surface area contributed by atoms with Crippen LogP contribution in [0.4, 0.5) is 0 Å². The molecule has 2 aliphatic heterocycles. The van der Waals surface area contributed by atoms with Crippen LogP contribution in [0, 0.1) is 5.92 Å². The summed E-state index contributed by atoms with van der Waals surface area (Å²) in [5, 5.41) is 6.88. The van der Waals surface area contributed by atoms with Crippen molar-refractivity contribution in [3.05, 3.63) is 35.9 Å². The van der Waals surface area contributed by atoms with E-state index in [1.54, 1.807) is 7.05 Å². The van der Waals surface area contributed by atoms with Gasteiger partial charge in [-0.05, 0) is 25.8 Å². The first-order chi connectivity index (χ1) is 14.5. The van der Waals surface area contributed by atoms with E-state index in [0.29, 0.717) is 12.3 Å². The van der Waals surface area contributed by atoms with Crippen LogP contribution in [-0.2, 0) is 16.0 Å². The summed E-state index contributed by atoms with van der Waals surface area (Å²) in [7, 11) is 1.79. The molecule has 2 aliphatic rings. The zero-order valence-corrected chi connectivity index (χ0v) is 21.4. The molecule has 8 heteroatoms. The van der Waals surface area contributed by atoms with Crippen molar-refractivity contribution in [3.8, 4) is 0 Å². The number of nitrogens with one attached hydrogen (secondary N) is 2. The number of rotatable bonds is 8. The average molecular weight is 543 g/mol. The molecule has 0 radical (unpaired) electrons. The Morgan fingerprint density at radius 1 is 1.19 bits per heavy atom. The number of halogens is 1. The summed E-state index contributed by atoms with van der Waals surface area (Å²) >= 11 is 0. The first-order valence-corrected chi connectivity index (χ1v) is 11.1. The number of guanidine groups is 1. The van der Waals surface area contributed by atoms with Crippen LogP contribution >= 0.6 is 24.0 Å². The molecule has 2 N–H and O–H groups in total. The summed E-state index contributed by atoms with van der Waals surface area (Å²) < 4.78 is 5.47. The molecule has 0 bridgehead atoms. The van der Waals surface area contributed by atoms with Crippen molar-refractivity contribution < 1.29 is 9.53 Å². The molecule has 31 heavy (non-hydrogen) atoms. The Balaban J connectivity index is 0.00000341. The minimum atomic E-state index is 0. The van der Waals surface area contributed by atoms with Crippen molar-refractivity contribution in [1.29, 1.82) is 0 Å². The summed E-state index contributed by atoms with van der Waals surface area (Å²) in [5.41, 5.74) is 1.30. The molecule has 2 saturated heterocycles. The topological polar surface area (TPSA) is 69.2 Å². The second-order valence-corrected chi connectivity index (χ2v) is 8.86. The number of hydrogen-bond acceptors (Lipinski definition) is 4. The van der Waals surface area contributed by atoms with E-state index in [1.807, 2.05) is 23.1 Å². The third-order valence-electron chi connectivity index (χ3n) is 6.15. The highest BCUT2D eigenvalue weighted by atomic mass is 127. The first-order valence-electron chi connectivity index (χ1n) is 11.1. The first kappa shape index (κ1) is 25.9. The summed E-state index contributed by atoms with van der Waals surface area (Å²) in [5.74, 6) is 1.37. The minimum Gasteiger partial charge on any atom is -0.379 e. The van der Waals surface area contributed by atoms with Gasteiger partial charge >= 0.3 is 0 Å². The number of carbonyl (C=O) groups is 1. The quantitative estimate of drug-likeness (QED) is 0.298. The third kappa shape index (κ3) is 7.91. The van der Waals surface area contributed by atoms with Crippen molar-refractivity contribution in [1.82, 2.24) is 20.4 Å². The SMILES string of the molecule is CN=C(NCC1CC(=O)N(CCc2ccccc2)C1)NCC(C)(C)N1CCOCC1.I. The lowest BCUT2D eigenvalue weighted by Gasteiger charge is -2.41. The van der Waals surface area contributed by atoms with Crippen molar-refractivity contribution in [3.63, 3.8) is 0 Å². The fourth-order valence-corrected chi connectivity index (χ4v) is 4.16. The number of nitrogens with zero attached hydrogens (tertiary/aromatic N) is 3. The Morgan fingerprint density at radius 2 is 1.90 bits per heavy atom. The second-order valence-electron chi connectivity index (χ2n) is 8.86. The predicted molar refractivity (Wildman–Crippen MR) is 136 cm³/mol. The molecule has 3 rings (SSSR count). The van der Waals surface area contributed by atoms with Crippen molar-refractivity contribution in [2.75, 3.05) is 59.5 Å². The predicted octanol–water partition coefficient (Wildman–Crippen LogP) is 1.97. The van der Waals surface area contributed by atoms with Crippen LogP contribution in [0.3, 0.4) is 0 Å². The van der Waals surface area contributed by atoms with E-state index in [2.05, 4.69) is 46.5 Å². The van der Waals surface area contributed by atoms with E-state index in [0.717, 1.165) is 64.9 Å². The van der Waals surface area contributed by atoms with E-state index >= 15 is 0 Å². The highest BCUT2D eigenvalue weighted by Crippen LogP contribution is 2.18. The van der Waals surface area contributed by atoms with Gasteiger partial charge in [-0.1, -0.05) is 30.3 Å². The molecular weight excluding hydrogens is 505 g/mol. The molecule has 0 aliphatic carbocycles. The molecule has 0 saturated carbocycles. The van der Waals surface area contributed by atoms with Gasteiger partial charge in [0.25, 0.3) is 0 Å². The molecular formula is C23H38IN5O2. The van der Waals surface area contributed by atoms with Crippen LogP contribution in [0.25, 0.3) is 0 Å². The largest absolute Gasteiger partial charge is 0.379 e. The number of likely N-dealkylation sites (tertiary alicyclic amines) is 1. The highest BCUT2D eigenvalue weighted by Gasteiger charge is 2.30. The highest BCUT2D eigenvalue weighted by molar-refractivity contribution is 14.0. The van der Waals surface area contributed by atoms with Crippen LogP contribution < -0.4 is 10.6 Å². The molecule has 2 heterocycles. The van der Waals surface area contributed by atoms with Crippen LogP contribution in [0.15, 0.2) is 35.3 Å². The smallest absolute Gasteiger partial charge is 0.223 e. The normalized spacial score (nSPS) is 20.5. The molecule has 1 amide bonds. The van der Waals surface area contributed by atoms with Gasteiger partial charge in [0.05, 0.1) is 13.2 Å². The monoisotopic (exact) mass is 543 g/mol. The Labute approximate surface area is 204 Å². The zero-order chi connectivity index (χ0) is 21.4. The van der Waals surface area contributed by atoms with Gasteiger partial charge in [0.1, 0.15) is 0 Å². The van der Waals surface area contributed by atoms with Crippen LogP contribution in [0.1, 0.15) is 25.8 Å². The van der Waals surface area contributed by atoms with E-state index in [4.69, 9.17) is 4.74 Å². The van der Waals surface area contributed by atoms with E-state index in [-0.39, 0.29) is 35.4 Å². The Morgan fingerprint density at radius 3 is 2.58 bits per heavy atom. The van der Waals surface area contributed by atoms with Gasteiger partial charge in [-0.3, -0.25) is 14.7 Å². The van der Waals surface area contributed by atoms with Crippen LogP contribution in [0.2, 0.25) is 0 Å². The van der Waals surface area contributed by atoms with Crippen LogP contribution in [-0.4, -0.2) is 86.7 Å². The van der Waals surface area contributed by atoms with Gasteiger partial charge in [-0.2, -0.15) is 0 Å². The Bertz CT molecular complexity index is 707. The molecule has 174 valence electrons.